The maximum atomic E-state index is 12.9. The fraction of sp³-hybridized carbons (Fsp3) is 0.350. The van der Waals surface area contributed by atoms with Gasteiger partial charge in [0.1, 0.15) is 11.2 Å². The van der Waals surface area contributed by atoms with Crippen LogP contribution in [0.4, 0.5) is 5.69 Å². The standard InChI is InChI=1S/C20H23N3O2S/c1-5-12(3)14-9-7-8-10-15(14)23-18(24)17-13(4)16-19(25-6-2)21-11-22-20(16)26-17/h7-12H,5-6H2,1-4H3,(H,23,24). The largest absolute Gasteiger partial charge is 0.477 e. The first-order valence-electron chi connectivity index (χ1n) is 8.83. The van der Waals surface area contributed by atoms with Crippen molar-refractivity contribution in [2.75, 3.05) is 11.9 Å². The molecule has 6 heteroatoms. The van der Waals surface area contributed by atoms with Crippen molar-refractivity contribution in [1.82, 2.24) is 9.97 Å². The molecule has 0 spiro atoms. The quantitative estimate of drug-likeness (QED) is 0.651. The molecule has 1 amide bonds. The summed E-state index contributed by atoms with van der Waals surface area (Å²) in [6.07, 6.45) is 2.49. The fourth-order valence-electron chi connectivity index (χ4n) is 2.94. The molecule has 1 aromatic carbocycles. The number of nitrogens with zero attached hydrogens (tertiary/aromatic N) is 2. The van der Waals surface area contributed by atoms with Gasteiger partial charge < -0.3 is 10.1 Å². The first-order chi connectivity index (χ1) is 12.6. The van der Waals surface area contributed by atoms with Crippen LogP contribution >= 0.6 is 11.3 Å². The van der Waals surface area contributed by atoms with Crippen LogP contribution in [0.1, 0.15) is 53.9 Å². The van der Waals surface area contributed by atoms with Gasteiger partial charge in [-0.25, -0.2) is 9.97 Å². The van der Waals surface area contributed by atoms with Gasteiger partial charge in [0.15, 0.2) is 0 Å². The number of nitrogens with one attached hydrogen (secondary N) is 1. The highest BCUT2D eigenvalue weighted by Crippen LogP contribution is 2.35. The number of carbonyl (C=O) groups is 1. The number of ether oxygens (including phenoxy) is 1. The Bertz CT molecular complexity index is 936. The number of fused-ring (bicyclic) bond motifs is 1. The molecule has 2 aromatic heterocycles. The van der Waals surface area contributed by atoms with E-state index in [9.17, 15) is 4.79 Å². The van der Waals surface area contributed by atoms with Gasteiger partial charge in [-0.05, 0) is 43.4 Å². The molecule has 0 fully saturated rings. The summed E-state index contributed by atoms with van der Waals surface area (Å²) in [6, 6.07) is 7.97. The van der Waals surface area contributed by atoms with Crippen molar-refractivity contribution in [2.24, 2.45) is 0 Å². The molecule has 1 unspecified atom stereocenters. The normalized spacial score (nSPS) is 12.2. The van der Waals surface area contributed by atoms with E-state index in [0.29, 0.717) is 23.3 Å². The van der Waals surface area contributed by atoms with Gasteiger partial charge in [0, 0.05) is 5.69 Å². The van der Waals surface area contributed by atoms with E-state index in [1.165, 1.54) is 17.7 Å². The van der Waals surface area contributed by atoms with E-state index in [0.717, 1.165) is 33.5 Å². The van der Waals surface area contributed by atoms with E-state index in [1.54, 1.807) is 0 Å². The molecule has 0 bridgehead atoms. The number of hydrogen-bond donors (Lipinski definition) is 1. The summed E-state index contributed by atoms with van der Waals surface area (Å²) >= 11 is 1.37. The van der Waals surface area contributed by atoms with Gasteiger partial charge in [0.25, 0.3) is 5.91 Å². The van der Waals surface area contributed by atoms with Gasteiger partial charge in [-0.15, -0.1) is 11.3 Å². The SMILES string of the molecule is CCOc1ncnc2sc(C(=O)Nc3ccccc3C(C)CC)c(C)c12. The van der Waals surface area contributed by atoms with Gasteiger partial charge in [-0.2, -0.15) is 0 Å². The molecule has 1 atom stereocenters. The van der Waals surface area contributed by atoms with Crippen LogP contribution in [-0.4, -0.2) is 22.5 Å². The summed E-state index contributed by atoms with van der Waals surface area (Å²) in [4.78, 5) is 22.9. The molecule has 0 saturated heterocycles. The zero-order valence-corrected chi connectivity index (χ0v) is 16.3. The number of aryl methyl sites for hydroxylation is 1. The van der Waals surface area contributed by atoms with E-state index in [1.807, 2.05) is 32.0 Å². The summed E-state index contributed by atoms with van der Waals surface area (Å²) in [5.41, 5.74) is 2.87. The zero-order valence-electron chi connectivity index (χ0n) is 15.5. The van der Waals surface area contributed by atoms with Crippen molar-refractivity contribution >= 4 is 33.1 Å². The number of rotatable bonds is 6. The third kappa shape index (κ3) is 3.42. The number of para-hydroxylation sites is 1. The minimum Gasteiger partial charge on any atom is -0.477 e. The van der Waals surface area contributed by atoms with Gasteiger partial charge in [0.05, 0.1) is 16.9 Å². The first kappa shape index (κ1) is 18.3. The van der Waals surface area contributed by atoms with E-state index >= 15 is 0 Å². The van der Waals surface area contributed by atoms with Gasteiger partial charge in [-0.1, -0.05) is 32.0 Å². The molecular formula is C20H23N3O2S. The van der Waals surface area contributed by atoms with Crippen LogP contribution < -0.4 is 10.1 Å². The Morgan fingerprint density at radius 3 is 2.77 bits per heavy atom. The number of carbonyl (C=O) groups excluding carboxylic acids is 1. The van der Waals surface area contributed by atoms with E-state index < -0.39 is 0 Å². The number of aromatic nitrogens is 2. The number of benzene rings is 1. The third-order valence-electron chi connectivity index (χ3n) is 4.53. The molecule has 2 heterocycles. The van der Waals surface area contributed by atoms with Crippen LogP contribution in [0.3, 0.4) is 0 Å². The van der Waals surface area contributed by atoms with Gasteiger partial charge in [-0.3, -0.25) is 4.79 Å². The molecule has 26 heavy (non-hydrogen) atoms. The molecule has 5 nitrogen and oxygen atoms in total. The number of hydrogen-bond acceptors (Lipinski definition) is 5. The fourth-order valence-corrected chi connectivity index (χ4v) is 3.98. The van der Waals surface area contributed by atoms with Crippen LogP contribution in [0.25, 0.3) is 10.2 Å². The average molecular weight is 369 g/mol. The lowest BCUT2D eigenvalue weighted by Gasteiger charge is -2.15. The molecule has 0 saturated carbocycles. The zero-order chi connectivity index (χ0) is 18.7. The molecule has 3 rings (SSSR count). The average Bonchev–Trinajstić information content (AvgIpc) is 2.99. The summed E-state index contributed by atoms with van der Waals surface area (Å²) in [5, 5.41) is 3.90. The Labute approximate surface area is 157 Å². The molecule has 0 aliphatic heterocycles. The Hall–Kier alpha value is -2.47. The Kier molecular flexibility index (Phi) is 5.52. The predicted octanol–water partition coefficient (Wildman–Crippen LogP) is 5.16. The van der Waals surface area contributed by atoms with Crippen LogP contribution in [-0.2, 0) is 0 Å². The van der Waals surface area contributed by atoms with Crippen molar-refractivity contribution in [1.29, 1.82) is 0 Å². The second-order valence-electron chi connectivity index (χ2n) is 6.20. The number of thiophene rings is 1. The molecule has 0 aliphatic carbocycles. The van der Waals surface area contributed by atoms with Crippen molar-refractivity contribution in [3.05, 3.63) is 46.6 Å². The Morgan fingerprint density at radius 1 is 1.27 bits per heavy atom. The smallest absolute Gasteiger partial charge is 0.266 e. The summed E-state index contributed by atoms with van der Waals surface area (Å²) < 4.78 is 5.60. The highest BCUT2D eigenvalue weighted by atomic mass is 32.1. The summed E-state index contributed by atoms with van der Waals surface area (Å²) in [6.45, 7) is 8.66. The highest BCUT2D eigenvalue weighted by Gasteiger charge is 2.21. The minimum atomic E-state index is -0.122. The monoisotopic (exact) mass is 369 g/mol. The predicted molar refractivity (Wildman–Crippen MR) is 106 cm³/mol. The van der Waals surface area contributed by atoms with Crippen LogP contribution in [0.5, 0.6) is 5.88 Å². The summed E-state index contributed by atoms with van der Waals surface area (Å²) in [7, 11) is 0. The molecular weight excluding hydrogens is 346 g/mol. The number of anilines is 1. The van der Waals surface area contributed by atoms with E-state index in [2.05, 4.69) is 35.2 Å². The van der Waals surface area contributed by atoms with Gasteiger partial charge in [0.2, 0.25) is 5.88 Å². The molecule has 0 radical (unpaired) electrons. The van der Waals surface area contributed by atoms with Crippen molar-refractivity contribution in [3.8, 4) is 5.88 Å². The van der Waals surface area contributed by atoms with Crippen LogP contribution in [0.2, 0.25) is 0 Å². The lowest BCUT2D eigenvalue weighted by atomic mass is 9.97. The first-order valence-corrected chi connectivity index (χ1v) is 9.65. The molecule has 3 aromatic rings. The van der Waals surface area contributed by atoms with Crippen molar-refractivity contribution in [2.45, 2.75) is 40.0 Å². The van der Waals surface area contributed by atoms with Gasteiger partial charge >= 0.3 is 0 Å². The number of amides is 1. The maximum absolute atomic E-state index is 12.9. The third-order valence-corrected chi connectivity index (χ3v) is 5.73. The van der Waals surface area contributed by atoms with E-state index in [-0.39, 0.29) is 5.91 Å². The topological polar surface area (TPSA) is 64.1 Å². The molecule has 1 N–H and O–H groups in total. The molecule has 136 valence electrons. The van der Waals surface area contributed by atoms with Crippen molar-refractivity contribution in [3.63, 3.8) is 0 Å². The second kappa shape index (κ2) is 7.83. The van der Waals surface area contributed by atoms with E-state index in [4.69, 9.17) is 4.74 Å². The molecule has 0 aliphatic rings. The summed E-state index contributed by atoms with van der Waals surface area (Å²) in [5.74, 6) is 0.791. The highest BCUT2D eigenvalue weighted by molar-refractivity contribution is 7.20. The Morgan fingerprint density at radius 2 is 2.04 bits per heavy atom. The van der Waals surface area contributed by atoms with Crippen LogP contribution in [0.15, 0.2) is 30.6 Å². The van der Waals surface area contributed by atoms with Crippen molar-refractivity contribution < 1.29 is 9.53 Å². The van der Waals surface area contributed by atoms with Crippen LogP contribution in [0, 0.1) is 6.92 Å². The lowest BCUT2D eigenvalue weighted by molar-refractivity contribution is 0.103. The lowest BCUT2D eigenvalue weighted by Crippen LogP contribution is -2.13. The minimum absolute atomic E-state index is 0.122. The Balaban J connectivity index is 1.97. The second-order valence-corrected chi connectivity index (χ2v) is 7.20. The maximum Gasteiger partial charge on any atom is 0.266 e.